The minimum absolute atomic E-state index is 0.00794. The van der Waals surface area contributed by atoms with Gasteiger partial charge >= 0.3 is 5.97 Å². The summed E-state index contributed by atoms with van der Waals surface area (Å²) in [6, 6.07) is -1.14. The van der Waals surface area contributed by atoms with Crippen LogP contribution in [0.2, 0.25) is 0 Å². The number of rotatable bonds is 7. The fourth-order valence-corrected chi connectivity index (χ4v) is 9.56. The van der Waals surface area contributed by atoms with Crippen LogP contribution in [0, 0.1) is 29.6 Å². The number of aliphatic hydroxyl groups excluding tert-OH is 2. The van der Waals surface area contributed by atoms with E-state index in [1.165, 1.54) is 19.1 Å². The molecule has 0 radical (unpaired) electrons. The van der Waals surface area contributed by atoms with Gasteiger partial charge in [-0.1, -0.05) is 49.7 Å². The monoisotopic (exact) mass is 818 g/mol. The van der Waals surface area contributed by atoms with E-state index < -0.39 is 77.9 Å². The van der Waals surface area contributed by atoms with Gasteiger partial charge in [-0.15, -0.1) is 6.58 Å². The summed E-state index contributed by atoms with van der Waals surface area (Å²) in [5.41, 5.74) is 2.01. The summed E-state index contributed by atoms with van der Waals surface area (Å²) >= 11 is 0. The molecule has 328 valence electrons. The number of aliphatic hydroxyl groups is 3. The second-order valence-corrected chi connectivity index (χ2v) is 17.4. The number of methoxy groups -OCH3 is 3. The third-order valence-corrected chi connectivity index (χ3v) is 13.0. The number of hydrogen-bond acceptors (Lipinski definition) is 13. The lowest BCUT2D eigenvalue weighted by Gasteiger charge is -2.47. The van der Waals surface area contributed by atoms with Crippen molar-refractivity contribution in [2.75, 3.05) is 27.9 Å². The lowest BCUT2D eigenvalue weighted by molar-refractivity contribution is -0.302. The highest BCUT2D eigenvalue weighted by molar-refractivity contribution is 6.39. The number of oxime groups is 1. The van der Waals surface area contributed by atoms with Crippen LogP contribution in [0.25, 0.3) is 0 Å². The lowest BCUT2D eigenvalue weighted by Crippen LogP contribution is -2.64. The molecule has 3 aliphatic heterocycles. The lowest BCUT2D eigenvalue weighted by atomic mass is 9.81. The summed E-state index contributed by atoms with van der Waals surface area (Å²) in [4.78, 5) is 44.0. The average Bonchev–Trinajstić information content (AvgIpc) is 3.20. The van der Waals surface area contributed by atoms with Crippen molar-refractivity contribution in [2.24, 2.45) is 34.7 Å². The minimum atomic E-state index is -2.51. The van der Waals surface area contributed by atoms with Crippen molar-refractivity contribution in [3.8, 4) is 0 Å². The molecule has 14 nitrogen and oxygen atoms in total. The molecule has 14 heteroatoms. The van der Waals surface area contributed by atoms with Crippen LogP contribution in [0.15, 0.2) is 41.1 Å². The summed E-state index contributed by atoms with van der Waals surface area (Å²) in [6.07, 6.45) is 5.44. The molecule has 1 amide bonds. The van der Waals surface area contributed by atoms with Crippen LogP contribution in [0.1, 0.15) is 105 Å². The predicted molar refractivity (Wildman–Crippen MR) is 217 cm³/mol. The Hall–Kier alpha value is -2.98. The highest BCUT2D eigenvalue weighted by Crippen LogP contribution is 2.39. The van der Waals surface area contributed by atoms with E-state index in [1.807, 2.05) is 26.0 Å². The van der Waals surface area contributed by atoms with Gasteiger partial charge in [-0.2, -0.15) is 0 Å². The van der Waals surface area contributed by atoms with Crippen LogP contribution in [0.5, 0.6) is 0 Å². The molecule has 0 aromatic rings. The van der Waals surface area contributed by atoms with E-state index in [2.05, 4.69) is 18.7 Å². The second kappa shape index (κ2) is 21.5. The number of carbonyl (C=O) groups excluding carboxylic acids is 3. The molecular weight excluding hydrogens is 748 g/mol. The van der Waals surface area contributed by atoms with Crippen LogP contribution in [-0.4, -0.2) is 131 Å². The summed E-state index contributed by atoms with van der Waals surface area (Å²) in [6.45, 7) is 13.3. The molecule has 0 aromatic heterocycles. The van der Waals surface area contributed by atoms with Crippen molar-refractivity contribution in [1.29, 1.82) is 0 Å². The quantitative estimate of drug-likeness (QED) is 0.0895. The Morgan fingerprint density at radius 3 is 2.28 bits per heavy atom. The molecule has 2 saturated heterocycles. The number of ether oxygens (including phenoxy) is 5. The van der Waals surface area contributed by atoms with Gasteiger partial charge in [0.1, 0.15) is 18.2 Å². The zero-order valence-corrected chi connectivity index (χ0v) is 35.9. The largest absolute Gasteiger partial charge is 0.456 e. The zero-order chi connectivity index (χ0) is 42.9. The van der Waals surface area contributed by atoms with Crippen LogP contribution >= 0.6 is 0 Å². The van der Waals surface area contributed by atoms with E-state index in [0.29, 0.717) is 62.7 Å². The number of ketones is 1. The van der Waals surface area contributed by atoms with Crippen LogP contribution in [-0.2, 0) is 38.1 Å². The number of esters is 1. The molecule has 3 heterocycles. The molecule has 4 rings (SSSR count). The Kier molecular flexibility index (Phi) is 17.7. The van der Waals surface area contributed by atoms with Crippen LogP contribution < -0.4 is 0 Å². The first-order valence-corrected chi connectivity index (χ1v) is 21.1. The number of hydrogen-bond donors (Lipinski definition) is 4. The van der Waals surface area contributed by atoms with Gasteiger partial charge in [-0.05, 0) is 95.5 Å². The highest BCUT2D eigenvalue weighted by Gasteiger charge is 2.56. The first-order chi connectivity index (χ1) is 27.5. The summed E-state index contributed by atoms with van der Waals surface area (Å²) in [5, 5.41) is 48.4. The first-order valence-electron chi connectivity index (χ1n) is 21.1. The number of cyclic esters (lactones) is 1. The molecule has 3 fully saturated rings. The SMILES string of the molecule is C=CC[C@@H]1/C=C(\C)C[C@H](C)C[C@H](OC)[C@H]2O[C@@](O)(C(=O)C(=O)N3CCCC[C@H]3C(=O)O[C@H](/C(C)=C/[C@@H]3CC[C@@H](O)[C@H](OC)C3)[C@H](C)[C@@H](O)CC1=NO)[C@H](C)C[C@@H]2OC. The third kappa shape index (κ3) is 11.2. The topological polar surface area (TPSA) is 194 Å². The van der Waals surface area contributed by atoms with Gasteiger partial charge in [0.25, 0.3) is 11.7 Å². The van der Waals surface area contributed by atoms with Gasteiger partial charge in [-0.3, -0.25) is 9.59 Å². The van der Waals surface area contributed by atoms with Gasteiger partial charge in [0.05, 0.1) is 36.2 Å². The average molecular weight is 819 g/mol. The Labute approximate surface area is 344 Å². The number of nitrogens with zero attached hydrogens (tertiary/aromatic N) is 2. The van der Waals surface area contributed by atoms with Crippen molar-refractivity contribution >= 4 is 23.4 Å². The number of carbonyl (C=O) groups is 3. The fourth-order valence-electron chi connectivity index (χ4n) is 9.56. The molecule has 58 heavy (non-hydrogen) atoms. The standard InChI is InChI=1S/C44H70N2O12/c1-10-13-31-19-25(2)18-26(3)20-37(55-8)40-38(56-9)22-28(5)44(52,58-40)41(49)42(50)46-17-12-11-14-33(46)43(51)57-39(29(6)35(48)24-32(31)45-53)27(4)21-30-15-16-34(47)36(23-30)54-7/h10,19,21,26,28-31,33-40,47-48,52-53H,1,11-18,20,22-24H2,2-9H3/b25-19+,27-21+,45-32?/t26-,28+,29+,30-,31+,33-,34+,35-,36+,37-,38-,39+,40+,44+/m0/s1. The molecule has 2 bridgehead atoms. The summed E-state index contributed by atoms with van der Waals surface area (Å²) in [5.74, 6) is -7.38. The Morgan fingerprint density at radius 2 is 1.64 bits per heavy atom. The predicted octanol–water partition coefficient (Wildman–Crippen LogP) is 4.90. The molecule has 14 atom stereocenters. The van der Waals surface area contributed by atoms with Gasteiger partial charge in [0.15, 0.2) is 0 Å². The summed E-state index contributed by atoms with van der Waals surface area (Å²) < 4.78 is 29.9. The van der Waals surface area contributed by atoms with Crippen molar-refractivity contribution in [3.63, 3.8) is 0 Å². The molecular formula is C44H70N2O12. The molecule has 0 unspecified atom stereocenters. The molecule has 1 saturated carbocycles. The third-order valence-electron chi connectivity index (χ3n) is 13.0. The van der Waals surface area contributed by atoms with Gasteiger partial charge in [-0.25, -0.2) is 4.79 Å². The van der Waals surface area contributed by atoms with E-state index in [1.54, 1.807) is 27.0 Å². The maximum Gasteiger partial charge on any atom is 0.329 e. The molecule has 0 aromatic carbocycles. The maximum absolute atomic E-state index is 14.4. The number of amides is 1. The Balaban J connectivity index is 1.80. The van der Waals surface area contributed by atoms with Gasteiger partial charge in [0.2, 0.25) is 5.79 Å². The van der Waals surface area contributed by atoms with Crippen LogP contribution in [0.3, 0.4) is 0 Å². The van der Waals surface area contributed by atoms with Gasteiger partial charge in [0, 0.05) is 52.0 Å². The fraction of sp³-hybridized carbons (Fsp3) is 0.773. The van der Waals surface area contributed by atoms with E-state index in [9.17, 15) is 34.9 Å². The van der Waals surface area contributed by atoms with Crippen molar-refractivity contribution < 1.29 is 58.6 Å². The van der Waals surface area contributed by atoms with E-state index >= 15 is 0 Å². The first kappa shape index (κ1) is 47.7. The maximum atomic E-state index is 14.4. The van der Waals surface area contributed by atoms with Crippen molar-refractivity contribution in [1.82, 2.24) is 4.90 Å². The highest BCUT2D eigenvalue weighted by atomic mass is 16.7. The van der Waals surface area contributed by atoms with Gasteiger partial charge < -0.3 is 49.1 Å². The number of piperidine rings is 1. The van der Waals surface area contributed by atoms with E-state index in [4.69, 9.17) is 23.7 Å². The van der Waals surface area contributed by atoms with E-state index in [-0.39, 0.29) is 49.7 Å². The normalized spacial score (nSPS) is 41.2. The number of allylic oxidation sites excluding steroid dienone is 4. The van der Waals surface area contributed by atoms with Crippen molar-refractivity contribution in [3.05, 3.63) is 36.0 Å². The Morgan fingerprint density at radius 1 is 0.966 bits per heavy atom. The number of fused-ring (bicyclic) bond motifs is 3. The number of Topliss-reactive ketones (excluding diaryl/α,β-unsaturated/α-hetero) is 1. The summed E-state index contributed by atoms with van der Waals surface area (Å²) in [7, 11) is 4.62. The molecule has 1 aliphatic carbocycles. The molecule has 0 spiro atoms. The van der Waals surface area contributed by atoms with Crippen LogP contribution in [0.4, 0.5) is 0 Å². The molecule has 4 N–H and O–H groups in total. The Bertz CT molecular complexity index is 1510. The molecule has 4 aliphatic rings. The van der Waals surface area contributed by atoms with Crippen molar-refractivity contribution in [2.45, 2.75) is 160 Å². The second-order valence-electron chi connectivity index (χ2n) is 17.4. The minimum Gasteiger partial charge on any atom is -0.456 e. The zero-order valence-electron chi connectivity index (χ0n) is 35.9. The smallest absolute Gasteiger partial charge is 0.329 e. The van der Waals surface area contributed by atoms with E-state index in [0.717, 1.165) is 5.57 Å².